The second-order valence-corrected chi connectivity index (χ2v) is 6.37. The molecule has 2 aromatic rings. The van der Waals surface area contributed by atoms with E-state index in [1.54, 1.807) is 0 Å². The predicted molar refractivity (Wildman–Crippen MR) is 89.0 cm³/mol. The Hall–Kier alpha value is -1.82. The molecule has 1 amide bonds. The van der Waals surface area contributed by atoms with Crippen LogP contribution >= 0.6 is 11.8 Å². The Kier molecular flexibility index (Phi) is 6.00. The molecular formula is C16H22N4OS. The lowest BCUT2D eigenvalue weighted by molar-refractivity contribution is -0.118. The van der Waals surface area contributed by atoms with Crippen LogP contribution in [0.5, 0.6) is 0 Å². The van der Waals surface area contributed by atoms with Gasteiger partial charge in [0.25, 0.3) is 0 Å². The summed E-state index contributed by atoms with van der Waals surface area (Å²) in [7, 11) is 1.94. The van der Waals surface area contributed by atoms with Gasteiger partial charge in [-0.2, -0.15) is 0 Å². The second-order valence-electron chi connectivity index (χ2n) is 5.43. The molecule has 5 nitrogen and oxygen atoms in total. The first-order valence-electron chi connectivity index (χ1n) is 7.40. The van der Waals surface area contributed by atoms with Gasteiger partial charge in [-0.05, 0) is 12.0 Å². The molecule has 1 aromatic heterocycles. The topological polar surface area (TPSA) is 59.8 Å². The summed E-state index contributed by atoms with van der Waals surface area (Å²) >= 11 is 1.42. The molecule has 0 saturated heterocycles. The molecule has 1 N–H and O–H groups in total. The van der Waals surface area contributed by atoms with Crippen LogP contribution in [0.4, 0.5) is 0 Å². The van der Waals surface area contributed by atoms with Crippen molar-refractivity contribution in [2.45, 2.75) is 31.3 Å². The van der Waals surface area contributed by atoms with Crippen molar-refractivity contribution in [3.63, 3.8) is 0 Å². The third-order valence-electron chi connectivity index (χ3n) is 3.30. The highest BCUT2D eigenvalue weighted by molar-refractivity contribution is 7.99. The summed E-state index contributed by atoms with van der Waals surface area (Å²) in [5.41, 5.74) is 1.23. The van der Waals surface area contributed by atoms with E-state index in [-0.39, 0.29) is 5.91 Å². The maximum Gasteiger partial charge on any atom is 0.230 e. The maximum atomic E-state index is 11.9. The number of hydrogen-bond acceptors (Lipinski definition) is 4. The first-order chi connectivity index (χ1) is 10.6. The Morgan fingerprint density at radius 3 is 2.64 bits per heavy atom. The highest BCUT2D eigenvalue weighted by atomic mass is 32.2. The SMILES string of the molecule is CC(C)c1nnc(SCC(=O)NCCc2ccccc2)n1C. The van der Waals surface area contributed by atoms with Gasteiger partial charge in [0.2, 0.25) is 5.91 Å². The van der Waals surface area contributed by atoms with E-state index in [0.29, 0.717) is 18.2 Å². The van der Waals surface area contributed by atoms with E-state index in [4.69, 9.17) is 0 Å². The number of rotatable bonds is 7. The predicted octanol–water partition coefficient (Wildman–Crippen LogP) is 2.39. The normalized spacial score (nSPS) is 10.9. The van der Waals surface area contributed by atoms with Gasteiger partial charge in [0.1, 0.15) is 5.82 Å². The van der Waals surface area contributed by atoms with Crippen LogP contribution in [-0.4, -0.2) is 33.0 Å². The fraction of sp³-hybridized carbons (Fsp3) is 0.438. The largest absolute Gasteiger partial charge is 0.355 e. The van der Waals surface area contributed by atoms with E-state index in [2.05, 4.69) is 41.5 Å². The van der Waals surface area contributed by atoms with Crippen LogP contribution in [0.2, 0.25) is 0 Å². The number of benzene rings is 1. The van der Waals surface area contributed by atoms with E-state index >= 15 is 0 Å². The number of amides is 1. The van der Waals surface area contributed by atoms with Crippen molar-refractivity contribution in [3.05, 3.63) is 41.7 Å². The summed E-state index contributed by atoms with van der Waals surface area (Å²) < 4.78 is 1.95. The molecule has 0 unspecified atom stereocenters. The van der Waals surface area contributed by atoms with Crippen molar-refractivity contribution in [1.29, 1.82) is 0 Å². The molecule has 6 heteroatoms. The minimum Gasteiger partial charge on any atom is -0.355 e. The zero-order chi connectivity index (χ0) is 15.9. The van der Waals surface area contributed by atoms with Crippen molar-refractivity contribution in [1.82, 2.24) is 20.1 Å². The van der Waals surface area contributed by atoms with Crippen LogP contribution in [0, 0.1) is 0 Å². The van der Waals surface area contributed by atoms with Crippen molar-refractivity contribution < 1.29 is 4.79 Å². The van der Waals surface area contributed by atoms with Crippen molar-refractivity contribution in [2.75, 3.05) is 12.3 Å². The zero-order valence-corrected chi connectivity index (χ0v) is 14.1. The van der Waals surface area contributed by atoms with Crippen molar-refractivity contribution in [3.8, 4) is 0 Å². The summed E-state index contributed by atoms with van der Waals surface area (Å²) in [6.45, 7) is 4.81. The summed E-state index contributed by atoms with van der Waals surface area (Å²) in [4.78, 5) is 11.9. The molecule has 0 radical (unpaired) electrons. The van der Waals surface area contributed by atoms with Crippen molar-refractivity contribution in [2.24, 2.45) is 7.05 Å². The molecule has 0 aliphatic carbocycles. The van der Waals surface area contributed by atoms with E-state index < -0.39 is 0 Å². The van der Waals surface area contributed by atoms with Gasteiger partial charge in [-0.25, -0.2) is 0 Å². The fourth-order valence-corrected chi connectivity index (χ4v) is 2.87. The smallest absolute Gasteiger partial charge is 0.230 e. The van der Waals surface area contributed by atoms with Crippen LogP contribution < -0.4 is 5.32 Å². The monoisotopic (exact) mass is 318 g/mol. The number of hydrogen-bond donors (Lipinski definition) is 1. The van der Waals surface area contributed by atoms with Crippen LogP contribution in [0.1, 0.15) is 31.2 Å². The molecule has 118 valence electrons. The minimum atomic E-state index is 0.0232. The summed E-state index contributed by atoms with van der Waals surface area (Å²) in [6, 6.07) is 10.1. The molecule has 0 fully saturated rings. The molecule has 0 aliphatic rings. The lowest BCUT2D eigenvalue weighted by Gasteiger charge is -2.07. The van der Waals surface area contributed by atoms with Crippen molar-refractivity contribution >= 4 is 17.7 Å². The van der Waals surface area contributed by atoms with Crippen LogP contribution in [0.3, 0.4) is 0 Å². The summed E-state index contributed by atoms with van der Waals surface area (Å²) in [5, 5.41) is 12.0. The van der Waals surface area contributed by atoms with Crippen LogP contribution in [0.25, 0.3) is 0 Å². The molecule has 1 aromatic carbocycles. The summed E-state index contributed by atoms with van der Waals surface area (Å²) in [5.74, 6) is 1.65. The van der Waals surface area contributed by atoms with Gasteiger partial charge in [0, 0.05) is 19.5 Å². The lowest BCUT2D eigenvalue weighted by atomic mass is 10.1. The average molecular weight is 318 g/mol. The van der Waals surface area contributed by atoms with Gasteiger partial charge in [-0.3, -0.25) is 4.79 Å². The standard InChI is InChI=1S/C16H22N4OS/c1-12(2)15-18-19-16(20(15)3)22-11-14(21)17-10-9-13-7-5-4-6-8-13/h4-8,12H,9-11H2,1-3H3,(H,17,21). The first-order valence-corrected chi connectivity index (χ1v) is 8.39. The number of nitrogens with one attached hydrogen (secondary N) is 1. The van der Waals surface area contributed by atoms with E-state index in [0.717, 1.165) is 17.4 Å². The molecule has 0 saturated carbocycles. The average Bonchev–Trinajstić information content (AvgIpc) is 2.87. The Labute approximate surface area is 135 Å². The second kappa shape index (κ2) is 7.98. The summed E-state index contributed by atoms with van der Waals surface area (Å²) in [6.07, 6.45) is 0.846. The van der Waals surface area contributed by atoms with E-state index in [9.17, 15) is 4.79 Å². The highest BCUT2D eigenvalue weighted by Crippen LogP contribution is 2.19. The number of carbonyl (C=O) groups is 1. The quantitative estimate of drug-likeness (QED) is 0.796. The fourth-order valence-electron chi connectivity index (χ4n) is 2.13. The number of aromatic nitrogens is 3. The molecule has 0 spiro atoms. The van der Waals surface area contributed by atoms with E-state index in [1.807, 2.05) is 29.8 Å². The molecule has 0 atom stereocenters. The molecule has 2 rings (SSSR count). The third kappa shape index (κ3) is 4.59. The van der Waals surface area contributed by atoms with Gasteiger partial charge in [-0.1, -0.05) is 55.9 Å². The molecule has 0 aliphatic heterocycles. The van der Waals surface area contributed by atoms with Crippen LogP contribution in [0.15, 0.2) is 35.5 Å². The molecule has 22 heavy (non-hydrogen) atoms. The Bertz CT molecular complexity index is 610. The van der Waals surface area contributed by atoms with Crippen LogP contribution in [-0.2, 0) is 18.3 Å². The van der Waals surface area contributed by atoms with Gasteiger partial charge < -0.3 is 9.88 Å². The minimum absolute atomic E-state index is 0.0232. The molecule has 1 heterocycles. The Morgan fingerprint density at radius 2 is 2.00 bits per heavy atom. The third-order valence-corrected chi connectivity index (χ3v) is 4.32. The number of thioether (sulfide) groups is 1. The van der Waals surface area contributed by atoms with Gasteiger partial charge in [-0.15, -0.1) is 10.2 Å². The van der Waals surface area contributed by atoms with E-state index in [1.165, 1.54) is 17.3 Å². The zero-order valence-electron chi connectivity index (χ0n) is 13.2. The highest BCUT2D eigenvalue weighted by Gasteiger charge is 2.13. The van der Waals surface area contributed by atoms with Gasteiger partial charge in [0.05, 0.1) is 5.75 Å². The molecule has 0 bridgehead atoms. The Morgan fingerprint density at radius 1 is 1.27 bits per heavy atom. The number of nitrogens with zero attached hydrogens (tertiary/aromatic N) is 3. The maximum absolute atomic E-state index is 11.9. The molecular weight excluding hydrogens is 296 g/mol. The van der Waals surface area contributed by atoms with Gasteiger partial charge in [0.15, 0.2) is 5.16 Å². The van der Waals surface area contributed by atoms with Gasteiger partial charge >= 0.3 is 0 Å². The number of carbonyl (C=O) groups excluding carboxylic acids is 1. The first kappa shape index (κ1) is 16.5. The Balaban J connectivity index is 1.74. The lowest BCUT2D eigenvalue weighted by Crippen LogP contribution is -2.27.